The van der Waals surface area contributed by atoms with E-state index in [0.717, 1.165) is 26.4 Å². The van der Waals surface area contributed by atoms with Crippen LogP contribution in [0.4, 0.5) is 8.78 Å². The first-order valence-corrected chi connectivity index (χ1v) is 5.68. The molecule has 0 aromatic carbocycles. The number of carbonyl (C=O) groups is 1. The lowest BCUT2D eigenvalue weighted by molar-refractivity contribution is -0.147. The van der Waals surface area contributed by atoms with Gasteiger partial charge in [-0.25, -0.2) is 8.78 Å². The van der Waals surface area contributed by atoms with E-state index in [9.17, 15) is 13.6 Å². The van der Waals surface area contributed by atoms with E-state index in [0.29, 0.717) is 12.8 Å². The largest absolute Gasteiger partial charge is 0.468 e. The first kappa shape index (κ1) is 13.4. The predicted octanol–water partition coefficient (Wildman–Crippen LogP) is 2.09. The first-order valence-electron chi connectivity index (χ1n) is 5.68. The normalized spacial score (nSPS) is 20.5. The minimum atomic E-state index is -2.85. The fourth-order valence-corrected chi connectivity index (χ4v) is 2.22. The first-order chi connectivity index (χ1) is 7.47. The third-order valence-corrected chi connectivity index (χ3v) is 3.20. The van der Waals surface area contributed by atoms with Gasteiger partial charge in [0.2, 0.25) is 0 Å². The highest BCUT2D eigenvalue weighted by Crippen LogP contribution is 2.39. The molecule has 1 saturated carbocycles. The van der Waals surface area contributed by atoms with Gasteiger partial charge in [-0.2, -0.15) is 0 Å². The summed E-state index contributed by atoms with van der Waals surface area (Å²) in [6.07, 6.45) is 3.16. The van der Waals surface area contributed by atoms with E-state index in [2.05, 4.69) is 4.74 Å². The summed E-state index contributed by atoms with van der Waals surface area (Å²) in [5.41, 5.74) is 5.37. The molecule has 0 unspecified atom stereocenters. The molecule has 0 amide bonds. The van der Waals surface area contributed by atoms with Gasteiger partial charge >= 0.3 is 5.97 Å². The molecule has 16 heavy (non-hydrogen) atoms. The van der Waals surface area contributed by atoms with Crippen LogP contribution < -0.4 is 5.73 Å². The van der Waals surface area contributed by atoms with E-state index in [1.807, 2.05) is 0 Å². The maximum absolute atomic E-state index is 13.8. The van der Waals surface area contributed by atoms with Crippen LogP contribution in [-0.4, -0.2) is 25.0 Å². The Balaban J connectivity index is 2.52. The molecule has 0 radical (unpaired) electrons. The number of alkyl halides is 2. The van der Waals surface area contributed by atoms with Crippen LogP contribution in [0.3, 0.4) is 0 Å². The van der Waals surface area contributed by atoms with Gasteiger partial charge in [-0.1, -0.05) is 19.3 Å². The average molecular weight is 235 g/mol. The molecule has 2 N–H and O–H groups in total. The van der Waals surface area contributed by atoms with E-state index in [1.54, 1.807) is 0 Å². The monoisotopic (exact) mass is 235 g/mol. The van der Waals surface area contributed by atoms with Crippen molar-refractivity contribution in [2.24, 2.45) is 11.7 Å². The number of nitrogens with two attached hydrogens (primary N) is 1. The predicted molar refractivity (Wildman–Crippen MR) is 56.1 cm³/mol. The van der Waals surface area contributed by atoms with Crippen molar-refractivity contribution in [1.29, 1.82) is 0 Å². The molecule has 0 aliphatic heterocycles. The Morgan fingerprint density at radius 2 is 2.00 bits per heavy atom. The molecule has 0 spiro atoms. The number of methoxy groups -OCH3 is 1. The smallest absolute Gasteiger partial charge is 0.322 e. The molecule has 5 heteroatoms. The van der Waals surface area contributed by atoms with Crippen molar-refractivity contribution >= 4 is 5.97 Å². The van der Waals surface area contributed by atoms with Crippen molar-refractivity contribution < 1.29 is 18.3 Å². The van der Waals surface area contributed by atoms with Gasteiger partial charge in [-0.3, -0.25) is 4.79 Å². The number of esters is 1. The van der Waals surface area contributed by atoms with Crippen molar-refractivity contribution in [3.63, 3.8) is 0 Å². The van der Waals surface area contributed by atoms with Gasteiger partial charge in [-0.15, -0.1) is 0 Å². The van der Waals surface area contributed by atoms with Gasteiger partial charge in [0.25, 0.3) is 5.92 Å². The van der Waals surface area contributed by atoms with Crippen molar-refractivity contribution in [3.8, 4) is 0 Å². The lowest BCUT2D eigenvalue weighted by Crippen LogP contribution is -2.41. The fraction of sp³-hybridized carbons (Fsp3) is 0.909. The quantitative estimate of drug-likeness (QED) is 0.759. The van der Waals surface area contributed by atoms with Crippen molar-refractivity contribution in [1.82, 2.24) is 0 Å². The van der Waals surface area contributed by atoms with Crippen LogP contribution in [0.5, 0.6) is 0 Å². The Kier molecular flexibility index (Phi) is 4.65. The van der Waals surface area contributed by atoms with Crippen LogP contribution in [0.2, 0.25) is 0 Å². The third kappa shape index (κ3) is 3.40. The second-order valence-corrected chi connectivity index (χ2v) is 4.43. The van der Waals surface area contributed by atoms with Gasteiger partial charge < -0.3 is 10.5 Å². The third-order valence-electron chi connectivity index (χ3n) is 3.20. The summed E-state index contributed by atoms with van der Waals surface area (Å²) in [7, 11) is 1.15. The molecule has 1 rings (SSSR count). The van der Waals surface area contributed by atoms with Gasteiger partial charge in [0, 0.05) is 12.3 Å². The Bertz CT molecular complexity index is 240. The Morgan fingerprint density at radius 1 is 1.44 bits per heavy atom. The molecular formula is C11H19F2NO2. The Morgan fingerprint density at radius 3 is 2.50 bits per heavy atom. The molecule has 0 aromatic heterocycles. The molecule has 0 saturated heterocycles. The number of carbonyl (C=O) groups excluding carboxylic acids is 1. The minimum absolute atomic E-state index is 0.529. The van der Waals surface area contributed by atoms with Crippen molar-refractivity contribution in [2.45, 2.75) is 50.5 Å². The van der Waals surface area contributed by atoms with Crippen molar-refractivity contribution in [3.05, 3.63) is 0 Å². The molecule has 94 valence electrons. The SMILES string of the molecule is COC(=O)[C@@H](N)CC(F)(F)C1CCCCC1. The minimum Gasteiger partial charge on any atom is -0.468 e. The van der Waals surface area contributed by atoms with E-state index in [1.165, 1.54) is 0 Å². The van der Waals surface area contributed by atoms with E-state index in [-0.39, 0.29) is 0 Å². The molecule has 1 fully saturated rings. The molecule has 1 aliphatic rings. The second-order valence-electron chi connectivity index (χ2n) is 4.43. The van der Waals surface area contributed by atoms with E-state index >= 15 is 0 Å². The topological polar surface area (TPSA) is 52.3 Å². The lowest BCUT2D eigenvalue weighted by Gasteiger charge is -2.31. The summed E-state index contributed by atoms with van der Waals surface area (Å²) in [6.45, 7) is 0. The highest BCUT2D eigenvalue weighted by molar-refractivity contribution is 5.75. The van der Waals surface area contributed by atoms with Crippen molar-refractivity contribution in [2.75, 3.05) is 7.11 Å². The van der Waals surface area contributed by atoms with Gasteiger partial charge in [-0.05, 0) is 12.8 Å². The summed E-state index contributed by atoms with van der Waals surface area (Å²) in [6, 6.07) is -1.22. The molecule has 3 nitrogen and oxygen atoms in total. The summed E-state index contributed by atoms with van der Waals surface area (Å²) in [5, 5.41) is 0. The highest BCUT2D eigenvalue weighted by Gasteiger charge is 2.42. The van der Waals surface area contributed by atoms with Crippen LogP contribution in [0.15, 0.2) is 0 Å². The maximum Gasteiger partial charge on any atom is 0.322 e. The van der Waals surface area contributed by atoms with Crippen LogP contribution >= 0.6 is 0 Å². The second kappa shape index (κ2) is 5.57. The Hall–Kier alpha value is -0.710. The molecule has 0 aromatic rings. The number of ether oxygens (including phenoxy) is 1. The summed E-state index contributed by atoms with van der Waals surface area (Å²) in [5.74, 6) is -4.25. The molecule has 0 bridgehead atoms. The van der Waals surface area contributed by atoms with Gasteiger partial charge in [0.15, 0.2) is 0 Å². The standard InChI is InChI=1S/C11H19F2NO2/c1-16-10(15)9(14)7-11(12,13)8-5-3-2-4-6-8/h8-9H,2-7,14H2,1H3/t9-/m0/s1. The number of hydrogen-bond donors (Lipinski definition) is 1. The Labute approximate surface area is 94.3 Å². The zero-order valence-electron chi connectivity index (χ0n) is 9.55. The molecule has 1 atom stereocenters. The van der Waals surface area contributed by atoms with E-state index < -0.39 is 30.3 Å². The summed E-state index contributed by atoms with van der Waals surface area (Å²) < 4.78 is 31.9. The molecule has 0 heterocycles. The van der Waals surface area contributed by atoms with E-state index in [4.69, 9.17) is 5.73 Å². The fourth-order valence-electron chi connectivity index (χ4n) is 2.22. The van der Waals surface area contributed by atoms with Gasteiger partial charge in [0.05, 0.1) is 7.11 Å². The average Bonchev–Trinajstić information content (AvgIpc) is 2.28. The maximum atomic E-state index is 13.8. The zero-order valence-corrected chi connectivity index (χ0v) is 9.55. The number of hydrogen-bond acceptors (Lipinski definition) is 3. The lowest BCUT2D eigenvalue weighted by atomic mass is 9.82. The van der Waals surface area contributed by atoms with Gasteiger partial charge in [0.1, 0.15) is 6.04 Å². The summed E-state index contributed by atoms with van der Waals surface area (Å²) in [4.78, 5) is 11.0. The van der Waals surface area contributed by atoms with Crippen LogP contribution in [0.1, 0.15) is 38.5 Å². The molecular weight excluding hydrogens is 216 g/mol. The van der Waals surface area contributed by atoms with Crippen LogP contribution in [0.25, 0.3) is 0 Å². The number of rotatable bonds is 4. The highest BCUT2D eigenvalue weighted by atomic mass is 19.3. The number of halogens is 2. The van der Waals surface area contributed by atoms with Crippen LogP contribution in [-0.2, 0) is 9.53 Å². The zero-order chi connectivity index (χ0) is 12.2. The van der Waals surface area contributed by atoms with Crippen LogP contribution in [0, 0.1) is 5.92 Å². The molecule has 1 aliphatic carbocycles. The summed E-state index contributed by atoms with van der Waals surface area (Å²) >= 11 is 0.